The number of hydrogen-bond acceptors (Lipinski definition) is 4. The van der Waals surface area contributed by atoms with E-state index in [1.165, 1.54) is 6.21 Å². The molecule has 0 bridgehead atoms. The molecule has 0 aliphatic carbocycles. The number of nitrogens with zero attached hydrogens (tertiary/aromatic N) is 1. The summed E-state index contributed by atoms with van der Waals surface area (Å²) in [7, 11) is 1.64. The zero-order valence-electron chi connectivity index (χ0n) is 12.6. The Morgan fingerprint density at radius 1 is 0.913 bits per heavy atom. The van der Waals surface area contributed by atoms with Gasteiger partial charge in [0.15, 0.2) is 0 Å². The van der Waals surface area contributed by atoms with E-state index in [9.17, 15) is 4.79 Å². The molecule has 3 aromatic rings. The Morgan fingerprint density at radius 3 is 2.35 bits per heavy atom. The van der Waals surface area contributed by atoms with Gasteiger partial charge in [-0.15, -0.1) is 0 Å². The molecule has 3 rings (SSSR count). The minimum Gasteiger partial charge on any atom is -0.496 e. The van der Waals surface area contributed by atoms with Crippen molar-refractivity contribution in [1.29, 1.82) is 0 Å². The van der Waals surface area contributed by atoms with E-state index in [-0.39, 0.29) is 0 Å². The Labute approximate surface area is 134 Å². The normalized spacial score (nSPS) is 10.8. The van der Waals surface area contributed by atoms with Gasteiger partial charge in [0, 0.05) is 10.9 Å². The number of hydrogen-bond donors (Lipinski definition) is 0. The van der Waals surface area contributed by atoms with Crippen molar-refractivity contribution in [2.75, 3.05) is 7.11 Å². The standard InChI is InChI=1S/C19H15NO3/c1-22-18-12-11-15(16-9-5-6-10-17(16)18)13-20-23-19(21)14-7-3-2-4-8-14/h2-13H,1H3/b20-13+. The third-order valence-corrected chi connectivity index (χ3v) is 3.47. The third kappa shape index (κ3) is 3.21. The fourth-order valence-electron chi connectivity index (χ4n) is 2.34. The van der Waals surface area contributed by atoms with Crippen LogP contribution < -0.4 is 4.74 Å². The highest BCUT2D eigenvalue weighted by atomic mass is 16.7. The van der Waals surface area contributed by atoms with E-state index in [2.05, 4.69) is 5.16 Å². The molecule has 0 spiro atoms. The van der Waals surface area contributed by atoms with Crippen molar-refractivity contribution in [2.24, 2.45) is 5.16 Å². The molecular formula is C19H15NO3. The average molecular weight is 305 g/mol. The molecule has 23 heavy (non-hydrogen) atoms. The molecule has 4 heteroatoms. The Hall–Kier alpha value is -3.14. The fourth-order valence-corrected chi connectivity index (χ4v) is 2.34. The lowest BCUT2D eigenvalue weighted by atomic mass is 10.0. The summed E-state index contributed by atoms with van der Waals surface area (Å²) < 4.78 is 5.35. The Bertz CT molecular complexity index is 857. The highest BCUT2D eigenvalue weighted by Crippen LogP contribution is 2.27. The molecule has 0 fully saturated rings. The van der Waals surface area contributed by atoms with Crippen LogP contribution in [0.5, 0.6) is 5.75 Å². The van der Waals surface area contributed by atoms with Crippen LogP contribution in [0.3, 0.4) is 0 Å². The predicted octanol–water partition coefficient (Wildman–Crippen LogP) is 4.04. The average Bonchev–Trinajstić information content (AvgIpc) is 2.62. The van der Waals surface area contributed by atoms with Crippen LogP contribution in [0.15, 0.2) is 71.9 Å². The molecule has 0 saturated carbocycles. The van der Waals surface area contributed by atoms with Gasteiger partial charge in [0.1, 0.15) is 5.75 Å². The van der Waals surface area contributed by atoms with Gasteiger partial charge < -0.3 is 9.57 Å². The first-order valence-corrected chi connectivity index (χ1v) is 7.15. The van der Waals surface area contributed by atoms with Crippen molar-refractivity contribution < 1.29 is 14.4 Å². The smallest absolute Gasteiger partial charge is 0.365 e. The fraction of sp³-hybridized carbons (Fsp3) is 0.0526. The number of rotatable bonds is 4. The first-order valence-electron chi connectivity index (χ1n) is 7.15. The molecule has 4 nitrogen and oxygen atoms in total. The Balaban J connectivity index is 1.83. The zero-order valence-corrected chi connectivity index (χ0v) is 12.6. The summed E-state index contributed by atoms with van der Waals surface area (Å²) in [6.45, 7) is 0. The monoisotopic (exact) mass is 305 g/mol. The Kier molecular flexibility index (Phi) is 4.34. The van der Waals surface area contributed by atoms with Crippen molar-refractivity contribution in [1.82, 2.24) is 0 Å². The van der Waals surface area contributed by atoms with Gasteiger partial charge in [-0.05, 0) is 29.7 Å². The highest BCUT2D eigenvalue weighted by Gasteiger charge is 2.06. The van der Waals surface area contributed by atoms with Crippen molar-refractivity contribution in [3.8, 4) is 5.75 Å². The summed E-state index contributed by atoms with van der Waals surface area (Å²) in [4.78, 5) is 16.8. The maximum absolute atomic E-state index is 11.8. The van der Waals surface area contributed by atoms with Gasteiger partial charge in [-0.1, -0.05) is 47.6 Å². The van der Waals surface area contributed by atoms with E-state index < -0.39 is 5.97 Å². The second-order valence-electron chi connectivity index (χ2n) is 4.88. The minimum atomic E-state index is -0.486. The van der Waals surface area contributed by atoms with Crippen LogP contribution in [-0.4, -0.2) is 19.3 Å². The van der Waals surface area contributed by atoms with E-state index in [0.717, 1.165) is 22.1 Å². The zero-order chi connectivity index (χ0) is 16.1. The van der Waals surface area contributed by atoms with Gasteiger partial charge in [0.05, 0.1) is 18.9 Å². The van der Waals surface area contributed by atoms with Crippen LogP contribution in [0.2, 0.25) is 0 Å². The number of fused-ring (bicyclic) bond motifs is 1. The third-order valence-electron chi connectivity index (χ3n) is 3.47. The topological polar surface area (TPSA) is 47.9 Å². The summed E-state index contributed by atoms with van der Waals surface area (Å²) >= 11 is 0. The molecule has 0 aliphatic heterocycles. The first kappa shape index (κ1) is 14.8. The van der Waals surface area contributed by atoms with Gasteiger partial charge in [-0.25, -0.2) is 4.79 Å². The summed E-state index contributed by atoms with van der Waals surface area (Å²) in [6, 6.07) is 20.3. The van der Waals surface area contributed by atoms with Crippen LogP contribution in [0, 0.1) is 0 Å². The number of oxime groups is 1. The minimum absolute atomic E-state index is 0.462. The number of methoxy groups -OCH3 is 1. The molecule has 0 amide bonds. The van der Waals surface area contributed by atoms with Crippen LogP contribution >= 0.6 is 0 Å². The highest BCUT2D eigenvalue weighted by molar-refractivity contribution is 6.02. The van der Waals surface area contributed by atoms with E-state index in [0.29, 0.717) is 5.56 Å². The molecule has 114 valence electrons. The molecule has 0 unspecified atom stereocenters. The molecule has 0 radical (unpaired) electrons. The van der Waals surface area contributed by atoms with Gasteiger partial charge in [-0.2, -0.15) is 0 Å². The van der Waals surface area contributed by atoms with Crippen molar-refractivity contribution >= 4 is 23.0 Å². The maximum atomic E-state index is 11.8. The quantitative estimate of drug-likeness (QED) is 0.415. The lowest BCUT2D eigenvalue weighted by Crippen LogP contribution is -2.00. The maximum Gasteiger partial charge on any atom is 0.365 e. The molecule has 0 atom stereocenters. The number of carbonyl (C=O) groups is 1. The lowest BCUT2D eigenvalue weighted by molar-refractivity contribution is 0.0519. The van der Waals surface area contributed by atoms with Gasteiger partial charge in [0.25, 0.3) is 0 Å². The van der Waals surface area contributed by atoms with Gasteiger partial charge in [0.2, 0.25) is 0 Å². The summed E-state index contributed by atoms with van der Waals surface area (Å²) in [5.74, 6) is 0.304. The largest absolute Gasteiger partial charge is 0.496 e. The second-order valence-corrected chi connectivity index (χ2v) is 4.88. The van der Waals surface area contributed by atoms with Crippen LogP contribution in [0.25, 0.3) is 10.8 Å². The SMILES string of the molecule is COc1ccc(/C=N/OC(=O)c2ccccc2)c2ccccc12. The molecule has 0 aromatic heterocycles. The molecular weight excluding hydrogens is 290 g/mol. The van der Waals surface area contributed by atoms with Crippen LogP contribution in [0.4, 0.5) is 0 Å². The molecule has 0 heterocycles. The summed E-state index contributed by atoms with van der Waals surface area (Å²) in [5.41, 5.74) is 1.31. The molecule has 3 aromatic carbocycles. The van der Waals surface area contributed by atoms with Crippen molar-refractivity contribution in [3.05, 3.63) is 77.9 Å². The van der Waals surface area contributed by atoms with E-state index in [1.54, 1.807) is 31.4 Å². The van der Waals surface area contributed by atoms with E-state index in [1.807, 2.05) is 42.5 Å². The molecule has 0 aliphatic rings. The van der Waals surface area contributed by atoms with Crippen LogP contribution in [0.1, 0.15) is 15.9 Å². The van der Waals surface area contributed by atoms with E-state index in [4.69, 9.17) is 9.57 Å². The van der Waals surface area contributed by atoms with Crippen molar-refractivity contribution in [2.45, 2.75) is 0 Å². The van der Waals surface area contributed by atoms with Gasteiger partial charge in [-0.3, -0.25) is 0 Å². The number of ether oxygens (including phenoxy) is 1. The Morgan fingerprint density at radius 2 is 1.61 bits per heavy atom. The number of carbonyl (C=O) groups excluding carboxylic acids is 1. The van der Waals surface area contributed by atoms with E-state index >= 15 is 0 Å². The number of benzene rings is 3. The first-order chi connectivity index (χ1) is 11.3. The molecule has 0 N–H and O–H groups in total. The summed E-state index contributed by atoms with van der Waals surface area (Å²) in [6.07, 6.45) is 1.53. The predicted molar refractivity (Wildman–Crippen MR) is 90.0 cm³/mol. The summed E-state index contributed by atoms with van der Waals surface area (Å²) in [5, 5.41) is 5.77. The van der Waals surface area contributed by atoms with Gasteiger partial charge >= 0.3 is 5.97 Å². The van der Waals surface area contributed by atoms with Crippen molar-refractivity contribution in [3.63, 3.8) is 0 Å². The lowest BCUT2D eigenvalue weighted by Gasteiger charge is -2.07. The molecule has 0 saturated heterocycles. The second kappa shape index (κ2) is 6.75. The van der Waals surface area contributed by atoms with Crippen LogP contribution in [-0.2, 0) is 4.84 Å².